The molecule has 2 aliphatic heterocycles. The summed E-state index contributed by atoms with van der Waals surface area (Å²) in [6, 6.07) is 12.4. The van der Waals surface area contributed by atoms with Crippen LogP contribution in [0.5, 0.6) is 17.2 Å². The van der Waals surface area contributed by atoms with E-state index in [1.165, 1.54) is 19.2 Å². The van der Waals surface area contributed by atoms with E-state index in [2.05, 4.69) is 16.8 Å². The number of carbonyl (C=O) groups is 2. The van der Waals surface area contributed by atoms with Gasteiger partial charge in [-0.3, -0.25) is 14.5 Å². The first-order chi connectivity index (χ1) is 21.4. The van der Waals surface area contributed by atoms with Gasteiger partial charge in [0.2, 0.25) is 5.91 Å². The van der Waals surface area contributed by atoms with Crippen molar-refractivity contribution in [1.29, 1.82) is 0 Å². The number of fused-ring (bicyclic) bond motifs is 1. The van der Waals surface area contributed by atoms with E-state index in [0.29, 0.717) is 46.2 Å². The monoisotopic (exact) mass is 620 g/mol. The maximum Gasteiger partial charge on any atom is 0.231 e. The average Bonchev–Trinajstić information content (AvgIpc) is 3.38. The lowest BCUT2D eigenvalue weighted by molar-refractivity contribution is -0.123. The number of Topliss-reactive ketones (excluding diaryl/α,β-unsaturated/α-hetero) is 1. The SMILES string of the molecule is COc1cc(C(=O)CC[C@](C)(O)c2cc3c(c(-c4ccc(F)cc4)n2)OC[C@]3(C)C(N)=O)ccc1OCCN1CCN(C)CC1. The highest BCUT2D eigenvalue weighted by Gasteiger charge is 2.45. The Balaban J connectivity index is 1.31. The zero-order valence-corrected chi connectivity index (χ0v) is 26.3. The molecule has 5 rings (SSSR count). The summed E-state index contributed by atoms with van der Waals surface area (Å²) in [5, 5.41) is 11.6. The van der Waals surface area contributed by atoms with Crippen LogP contribution >= 0.6 is 0 Å². The predicted molar refractivity (Wildman–Crippen MR) is 167 cm³/mol. The van der Waals surface area contributed by atoms with Crippen molar-refractivity contribution >= 4 is 11.7 Å². The lowest BCUT2D eigenvalue weighted by Crippen LogP contribution is -2.45. The van der Waals surface area contributed by atoms with Crippen LogP contribution in [0, 0.1) is 5.82 Å². The van der Waals surface area contributed by atoms with E-state index in [0.717, 1.165) is 32.7 Å². The van der Waals surface area contributed by atoms with Gasteiger partial charge in [-0.15, -0.1) is 0 Å². The molecule has 1 aromatic heterocycles. The number of piperazine rings is 1. The largest absolute Gasteiger partial charge is 0.493 e. The molecule has 1 saturated heterocycles. The number of carbonyl (C=O) groups excluding carboxylic acids is 2. The minimum atomic E-state index is -1.56. The van der Waals surface area contributed by atoms with Crippen molar-refractivity contribution in [2.45, 2.75) is 37.7 Å². The van der Waals surface area contributed by atoms with Gasteiger partial charge < -0.3 is 30.0 Å². The molecule has 3 aromatic rings. The number of hydrogen-bond donors (Lipinski definition) is 2. The fourth-order valence-corrected chi connectivity index (χ4v) is 5.61. The van der Waals surface area contributed by atoms with Gasteiger partial charge in [-0.05, 0) is 75.8 Å². The second-order valence-corrected chi connectivity index (χ2v) is 12.3. The molecule has 10 nitrogen and oxygen atoms in total. The average molecular weight is 621 g/mol. The maximum absolute atomic E-state index is 13.7. The van der Waals surface area contributed by atoms with Gasteiger partial charge in [-0.2, -0.15) is 0 Å². The number of amides is 1. The third kappa shape index (κ3) is 6.95. The first kappa shape index (κ1) is 32.3. The minimum Gasteiger partial charge on any atom is -0.493 e. The molecule has 11 heteroatoms. The molecule has 1 fully saturated rings. The zero-order valence-electron chi connectivity index (χ0n) is 26.3. The smallest absolute Gasteiger partial charge is 0.231 e. The van der Waals surface area contributed by atoms with Gasteiger partial charge in [0, 0.05) is 55.8 Å². The van der Waals surface area contributed by atoms with Gasteiger partial charge in [-0.25, -0.2) is 9.37 Å². The van der Waals surface area contributed by atoms with Crippen LogP contribution in [0.4, 0.5) is 4.39 Å². The molecule has 0 bridgehead atoms. The summed E-state index contributed by atoms with van der Waals surface area (Å²) in [5.41, 5.74) is 5.11. The van der Waals surface area contributed by atoms with Crippen LogP contribution in [-0.2, 0) is 15.8 Å². The second kappa shape index (κ2) is 13.1. The van der Waals surface area contributed by atoms with E-state index in [1.807, 2.05) is 0 Å². The Morgan fingerprint density at radius 2 is 1.82 bits per heavy atom. The van der Waals surface area contributed by atoms with E-state index in [1.54, 1.807) is 50.2 Å². The highest BCUT2D eigenvalue weighted by molar-refractivity contribution is 5.96. The Kier molecular flexibility index (Phi) is 9.43. The number of rotatable bonds is 12. The van der Waals surface area contributed by atoms with Crippen molar-refractivity contribution in [2.75, 3.05) is 60.1 Å². The number of hydrogen-bond acceptors (Lipinski definition) is 9. The summed E-state index contributed by atoms with van der Waals surface area (Å²) >= 11 is 0. The summed E-state index contributed by atoms with van der Waals surface area (Å²) < 4.78 is 31.1. The van der Waals surface area contributed by atoms with Gasteiger partial charge in [-0.1, -0.05) is 0 Å². The van der Waals surface area contributed by atoms with Gasteiger partial charge in [0.05, 0.1) is 12.8 Å². The van der Waals surface area contributed by atoms with E-state index < -0.39 is 22.7 Å². The minimum absolute atomic E-state index is 0.00793. The molecule has 240 valence electrons. The number of nitrogens with zero attached hydrogens (tertiary/aromatic N) is 3. The molecular formula is C34H41FN4O6. The normalized spacial score (nSPS) is 19.8. The number of pyridine rings is 1. The second-order valence-electron chi connectivity index (χ2n) is 12.3. The number of aliphatic hydroxyl groups is 1. The fraction of sp³-hybridized carbons (Fsp3) is 0.441. The molecule has 2 aromatic carbocycles. The first-order valence-electron chi connectivity index (χ1n) is 15.1. The fourth-order valence-electron chi connectivity index (χ4n) is 5.61. The van der Waals surface area contributed by atoms with Crippen LogP contribution in [0.1, 0.15) is 48.3 Å². The third-order valence-corrected chi connectivity index (χ3v) is 8.87. The molecule has 0 unspecified atom stereocenters. The van der Waals surface area contributed by atoms with Crippen LogP contribution < -0.4 is 19.9 Å². The Morgan fingerprint density at radius 3 is 2.49 bits per heavy atom. The van der Waals surface area contributed by atoms with Crippen molar-refractivity contribution < 1.29 is 33.3 Å². The lowest BCUT2D eigenvalue weighted by atomic mass is 9.81. The molecule has 2 atom stereocenters. The maximum atomic E-state index is 13.7. The van der Waals surface area contributed by atoms with Crippen molar-refractivity contribution in [1.82, 2.24) is 14.8 Å². The molecule has 0 radical (unpaired) electrons. The standard InChI is InChI=1S/C34H41FN4O6/c1-33(32(36)41)21-45-31-25(33)20-29(37-30(31)22-5-8-24(35)9-6-22)34(2,42)12-11-26(40)23-7-10-27(28(19-23)43-4)44-18-17-39-15-13-38(3)14-16-39/h5-10,19-20,42H,11-18,21H2,1-4H3,(H2,36,41)/t33-,34-/m0/s1. The van der Waals surface area contributed by atoms with Crippen molar-refractivity contribution in [3.63, 3.8) is 0 Å². The Labute approximate surface area is 262 Å². The first-order valence-corrected chi connectivity index (χ1v) is 15.1. The lowest BCUT2D eigenvalue weighted by Gasteiger charge is -2.32. The van der Waals surface area contributed by atoms with Crippen molar-refractivity contribution in [3.05, 3.63) is 71.2 Å². The molecule has 45 heavy (non-hydrogen) atoms. The molecule has 2 aliphatic rings. The van der Waals surface area contributed by atoms with E-state index in [9.17, 15) is 19.1 Å². The summed E-state index contributed by atoms with van der Waals surface area (Å²) in [5.74, 6) is 0.187. The Bertz CT molecular complexity index is 1550. The number of methoxy groups -OCH3 is 1. The van der Waals surface area contributed by atoms with E-state index in [4.69, 9.17) is 24.9 Å². The highest BCUT2D eigenvalue weighted by Crippen LogP contribution is 2.46. The molecule has 0 spiro atoms. The van der Waals surface area contributed by atoms with Crippen LogP contribution in [0.25, 0.3) is 11.3 Å². The Morgan fingerprint density at radius 1 is 1.11 bits per heavy atom. The summed E-state index contributed by atoms with van der Waals surface area (Å²) in [7, 11) is 3.65. The number of primary amides is 1. The number of ketones is 1. The number of aromatic nitrogens is 1. The number of ether oxygens (including phenoxy) is 3. The van der Waals surface area contributed by atoms with E-state index in [-0.39, 0.29) is 30.9 Å². The predicted octanol–water partition coefficient (Wildman–Crippen LogP) is 3.53. The van der Waals surface area contributed by atoms with Gasteiger partial charge in [0.1, 0.15) is 41.5 Å². The highest BCUT2D eigenvalue weighted by atomic mass is 19.1. The van der Waals surface area contributed by atoms with Crippen LogP contribution in [0.2, 0.25) is 0 Å². The molecule has 0 saturated carbocycles. The molecule has 1 amide bonds. The molecular weight excluding hydrogens is 579 g/mol. The van der Waals surface area contributed by atoms with Gasteiger partial charge in [0.25, 0.3) is 0 Å². The summed E-state index contributed by atoms with van der Waals surface area (Å²) in [4.78, 5) is 35.1. The van der Waals surface area contributed by atoms with Crippen LogP contribution in [0.15, 0.2) is 48.5 Å². The Hall–Kier alpha value is -4.06. The van der Waals surface area contributed by atoms with Crippen molar-refractivity contribution in [2.24, 2.45) is 5.73 Å². The van der Waals surface area contributed by atoms with Crippen LogP contribution in [-0.4, -0.2) is 91.7 Å². The molecule has 3 heterocycles. The molecule has 3 N–H and O–H groups in total. The summed E-state index contributed by atoms with van der Waals surface area (Å²) in [6.07, 6.45) is 0.0498. The van der Waals surface area contributed by atoms with Gasteiger partial charge >= 0.3 is 0 Å². The topological polar surface area (TPSA) is 127 Å². The van der Waals surface area contributed by atoms with Gasteiger partial charge in [0.15, 0.2) is 17.3 Å². The van der Waals surface area contributed by atoms with E-state index >= 15 is 0 Å². The molecule has 0 aliphatic carbocycles. The van der Waals surface area contributed by atoms with Crippen LogP contribution in [0.3, 0.4) is 0 Å². The third-order valence-electron chi connectivity index (χ3n) is 8.87. The zero-order chi connectivity index (χ0) is 32.4. The quantitative estimate of drug-likeness (QED) is 0.293. The van der Waals surface area contributed by atoms with Crippen molar-refractivity contribution in [3.8, 4) is 28.5 Å². The number of likely N-dealkylation sites (N-methyl/N-ethyl adjacent to an activating group) is 1. The number of halogens is 1. The number of nitrogens with two attached hydrogens (primary N) is 1. The number of benzene rings is 2. The summed E-state index contributed by atoms with van der Waals surface area (Å²) in [6.45, 7) is 8.62.